The summed E-state index contributed by atoms with van der Waals surface area (Å²) in [6.45, 7) is 5.94. The second-order valence-corrected chi connectivity index (χ2v) is 9.00. The normalized spacial score (nSPS) is 16.9. The highest BCUT2D eigenvalue weighted by Crippen LogP contribution is 2.43. The van der Waals surface area contributed by atoms with Gasteiger partial charge in [0.2, 0.25) is 0 Å². The molecule has 3 aromatic rings. The van der Waals surface area contributed by atoms with Crippen LogP contribution in [0.4, 0.5) is 5.69 Å². The lowest BCUT2D eigenvalue weighted by atomic mass is 9.99. The Labute approximate surface area is 191 Å². The summed E-state index contributed by atoms with van der Waals surface area (Å²) in [5, 5.41) is 0. The maximum Gasteiger partial charge on any atom is 0.122 e. The van der Waals surface area contributed by atoms with Crippen LogP contribution in [0.15, 0.2) is 66.7 Å². The maximum atomic E-state index is 6.28. The molecule has 1 heterocycles. The molecule has 0 unspecified atom stereocenters. The van der Waals surface area contributed by atoms with Crippen molar-refractivity contribution in [3.8, 4) is 16.9 Å². The van der Waals surface area contributed by atoms with Crippen LogP contribution in [-0.4, -0.2) is 25.3 Å². The first-order valence-corrected chi connectivity index (χ1v) is 11.7. The predicted octanol–water partition coefficient (Wildman–Crippen LogP) is 5.32. The van der Waals surface area contributed by atoms with Crippen LogP contribution in [0.5, 0.6) is 5.75 Å². The van der Waals surface area contributed by atoms with Gasteiger partial charge in [-0.2, -0.15) is 0 Å². The smallest absolute Gasteiger partial charge is 0.122 e. The highest BCUT2D eigenvalue weighted by molar-refractivity contribution is 5.70. The van der Waals surface area contributed by atoms with Gasteiger partial charge in [0.05, 0.1) is 12.2 Å². The first-order chi connectivity index (χ1) is 15.7. The second-order valence-electron chi connectivity index (χ2n) is 9.00. The molecule has 0 radical (unpaired) electrons. The number of rotatable bonds is 7. The Kier molecular flexibility index (Phi) is 5.90. The molecule has 32 heavy (non-hydrogen) atoms. The van der Waals surface area contributed by atoms with E-state index in [1.807, 2.05) is 6.07 Å². The predicted molar refractivity (Wildman–Crippen MR) is 130 cm³/mol. The van der Waals surface area contributed by atoms with Crippen molar-refractivity contribution in [1.82, 2.24) is 0 Å². The quantitative estimate of drug-likeness (QED) is 0.553. The van der Waals surface area contributed by atoms with Crippen molar-refractivity contribution in [2.75, 3.05) is 24.6 Å². The van der Waals surface area contributed by atoms with Crippen molar-refractivity contribution in [3.05, 3.63) is 83.4 Å². The molecule has 1 saturated heterocycles. The van der Waals surface area contributed by atoms with Crippen LogP contribution in [-0.2, 0) is 24.3 Å². The van der Waals surface area contributed by atoms with E-state index < -0.39 is 0 Å². The number of nitrogens with zero attached hydrogens (tertiary/aromatic N) is 1. The topological polar surface area (TPSA) is 47.7 Å². The number of hydrogen-bond acceptors (Lipinski definition) is 4. The Balaban J connectivity index is 1.47. The van der Waals surface area contributed by atoms with Gasteiger partial charge in [0.25, 0.3) is 0 Å². The number of aryl methyl sites for hydroxylation is 1. The number of nitrogens with two attached hydrogens (primary N) is 1. The van der Waals surface area contributed by atoms with Crippen molar-refractivity contribution in [1.29, 1.82) is 0 Å². The van der Waals surface area contributed by atoms with Gasteiger partial charge in [0.15, 0.2) is 0 Å². The fourth-order valence-electron chi connectivity index (χ4n) is 4.59. The summed E-state index contributed by atoms with van der Waals surface area (Å²) in [6, 6.07) is 23.7. The average Bonchev–Trinajstić information content (AvgIpc) is 3.60. The molecule has 0 amide bonds. The number of morpholine rings is 1. The summed E-state index contributed by atoms with van der Waals surface area (Å²) in [5.74, 6) is 0.968. The molecule has 4 heteroatoms. The number of benzene rings is 3. The number of anilines is 1. The third-order valence-corrected chi connectivity index (χ3v) is 6.64. The Bertz CT molecular complexity index is 1090. The van der Waals surface area contributed by atoms with Crippen LogP contribution in [0.2, 0.25) is 0 Å². The van der Waals surface area contributed by atoms with Gasteiger partial charge >= 0.3 is 0 Å². The highest BCUT2D eigenvalue weighted by atomic mass is 16.5. The van der Waals surface area contributed by atoms with E-state index in [1.54, 1.807) is 0 Å². The van der Waals surface area contributed by atoms with Gasteiger partial charge in [0.1, 0.15) is 12.4 Å². The maximum absolute atomic E-state index is 6.28. The molecule has 4 nitrogen and oxygen atoms in total. The van der Waals surface area contributed by atoms with Gasteiger partial charge in [-0.3, -0.25) is 0 Å². The molecule has 0 atom stereocenters. The molecule has 1 aliphatic heterocycles. The lowest BCUT2D eigenvalue weighted by molar-refractivity contribution is 0.0206. The summed E-state index contributed by atoms with van der Waals surface area (Å²) in [6.07, 6.45) is 3.31. The van der Waals surface area contributed by atoms with Gasteiger partial charge in [-0.15, -0.1) is 0 Å². The van der Waals surface area contributed by atoms with Crippen LogP contribution >= 0.6 is 0 Å². The van der Waals surface area contributed by atoms with Gasteiger partial charge in [-0.1, -0.05) is 43.3 Å². The van der Waals surface area contributed by atoms with E-state index in [2.05, 4.69) is 72.5 Å². The van der Waals surface area contributed by atoms with Crippen molar-refractivity contribution >= 4 is 5.69 Å². The molecule has 2 N–H and O–H groups in total. The SMILES string of the molecule is CCc1ccccc1OCc1cc(-c2cccc(CN)c2)cc(N2CCOC3(CC3)C2)c1. The molecule has 1 spiro atoms. The van der Waals surface area contributed by atoms with E-state index in [9.17, 15) is 0 Å². The second kappa shape index (κ2) is 8.97. The van der Waals surface area contributed by atoms with E-state index in [-0.39, 0.29) is 5.60 Å². The minimum Gasteiger partial charge on any atom is -0.489 e. The number of ether oxygens (including phenoxy) is 2. The standard InChI is InChI=1S/C28H32N2O2/c1-2-23-7-3-4-9-27(23)31-19-22-15-25(24-8-5-6-21(14-24)18-29)17-26(16-22)30-12-13-32-28(20-30)10-11-28/h3-9,14-17H,2,10-13,18-20,29H2,1H3. The Hall–Kier alpha value is -2.82. The Morgan fingerprint density at radius 2 is 1.81 bits per heavy atom. The van der Waals surface area contributed by atoms with Gasteiger partial charge in [0, 0.05) is 25.3 Å². The van der Waals surface area contributed by atoms with Crippen LogP contribution in [0, 0.1) is 0 Å². The third kappa shape index (κ3) is 4.52. The van der Waals surface area contributed by atoms with Gasteiger partial charge in [-0.05, 0) is 77.4 Å². The molecular formula is C28H32N2O2. The minimum absolute atomic E-state index is 0.0877. The van der Waals surface area contributed by atoms with E-state index in [1.165, 1.54) is 40.8 Å². The molecule has 1 saturated carbocycles. The third-order valence-electron chi connectivity index (χ3n) is 6.64. The number of para-hydroxylation sites is 1. The number of hydrogen-bond donors (Lipinski definition) is 1. The van der Waals surface area contributed by atoms with Crippen molar-refractivity contribution < 1.29 is 9.47 Å². The molecule has 166 valence electrons. The van der Waals surface area contributed by atoms with Crippen LogP contribution in [0.1, 0.15) is 36.5 Å². The van der Waals surface area contributed by atoms with E-state index in [0.29, 0.717) is 13.2 Å². The zero-order valence-electron chi connectivity index (χ0n) is 18.8. The first-order valence-electron chi connectivity index (χ1n) is 11.7. The minimum atomic E-state index is 0.0877. The van der Waals surface area contributed by atoms with Crippen LogP contribution in [0.3, 0.4) is 0 Å². The summed E-state index contributed by atoms with van der Waals surface area (Å²) >= 11 is 0. The zero-order valence-corrected chi connectivity index (χ0v) is 18.8. The fraction of sp³-hybridized carbons (Fsp3) is 0.357. The largest absolute Gasteiger partial charge is 0.489 e. The zero-order chi connectivity index (χ0) is 22.0. The van der Waals surface area contributed by atoms with Crippen LogP contribution in [0.25, 0.3) is 11.1 Å². The molecule has 1 aliphatic carbocycles. The first kappa shape index (κ1) is 21.0. The monoisotopic (exact) mass is 428 g/mol. The van der Waals surface area contributed by atoms with Gasteiger partial charge < -0.3 is 20.1 Å². The van der Waals surface area contributed by atoms with Crippen molar-refractivity contribution in [2.45, 2.75) is 44.9 Å². The van der Waals surface area contributed by atoms with E-state index in [4.69, 9.17) is 15.2 Å². The molecule has 3 aromatic carbocycles. The average molecular weight is 429 g/mol. The lowest BCUT2D eigenvalue weighted by Crippen LogP contribution is -2.44. The Morgan fingerprint density at radius 3 is 2.62 bits per heavy atom. The van der Waals surface area contributed by atoms with Crippen LogP contribution < -0.4 is 15.4 Å². The Morgan fingerprint density at radius 1 is 0.969 bits per heavy atom. The summed E-state index contributed by atoms with van der Waals surface area (Å²) < 4.78 is 12.3. The van der Waals surface area contributed by atoms with Gasteiger partial charge in [-0.25, -0.2) is 0 Å². The molecular weight excluding hydrogens is 396 g/mol. The molecule has 2 aliphatic rings. The molecule has 0 aromatic heterocycles. The van der Waals surface area contributed by atoms with E-state index in [0.717, 1.165) is 37.4 Å². The summed E-state index contributed by atoms with van der Waals surface area (Å²) in [4.78, 5) is 2.48. The summed E-state index contributed by atoms with van der Waals surface area (Å²) in [5.41, 5.74) is 13.2. The van der Waals surface area contributed by atoms with E-state index >= 15 is 0 Å². The molecule has 2 fully saturated rings. The fourth-order valence-corrected chi connectivity index (χ4v) is 4.59. The summed E-state index contributed by atoms with van der Waals surface area (Å²) in [7, 11) is 0. The van der Waals surface area contributed by atoms with Crippen molar-refractivity contribution in [3.63, 3.8) is 0 Å². The highest BCUT2D eigenvalue weighted by Gasteiger charge is 2.47. The van der Waals surface area contributed by atoms with Crippen molar-refractivity contribution in [2.24, 2.45) is 5.73 Å². The molecule has 0 bridgehead atoms. The molecule has 5 rings (SSSR count). The lowest BCUT2D eigenvalue weighted by Gasteiger charge is -2.35.